The smallest absolute Gasteiger partial charge is 0.0572 e. The Morgan fingerprint density at radius 2 is 1.81 bits per heavy atom. The molecular weight excluding hydrogens is 330 g/mol. The summed E-state index contributed by atoms with van der Waals surface area (Å²) in [4.78, 5) is 9.55. The van der Waals surface area contributed by atoms with E-state index in [-0.39, 0.29) is 0 Å². The van der Waals surface area contributed by atoms with E-state index in [1.165, 1.54) is 62.1 Å². The van der Waals surface area contributed by atoms with E-state index in [2.05, 4.69) is 59.1 Å². The van der Waals surface area contributed by atoms with E-state index < -0.39 is 0 Å². The number of benzene rings is 1. The Morgan fingerprint density at radius 1 is 1.07 bits per heavy atom. The highest BCUT2D eigenvalue weighted by Crippen LogP contribution is 2.42. The molecule has 0 radical (unpaired) electrons. The molecule has 1 saturated carbocycles. The zero-order valence-electron chi connectivity index (χ0n) is 16.9. The lowest BCUT2D eigenvalue weighted by atomic mass is 9.71. The summed E-state index contributed by atoms with van der Waals surface area (Å²) in [5, 5.41) is 0. The van der Waals surface area contributed by atoms with Crippen LogP contribution in [0.25, 0.3) is 0 Å². The van der Waals surface area contributed by atoms with Crippen molar-refractivity contribution in [1.82, 2.24) is 14.8 Å². The lowest BCUT2D eigenvalue weighted by molar-refractivity contribution is 0.175. The first-order valence-corrected chi connectivity index (χ1v) is 10.6. The highest BCUT2D eigenvalue weighted by atomic mass is 15.1. The quantitative estimate of drug-likeness (QED) is 0.716. The van der Waals surface area contributed by atoms with Crippen LogP contribution < -0.4 is 0 Å². The first-order chi connectivity index (χ1) is 13.2. The number of aryl methyl sites for hydroxylation is 1. The van der Waals surface area contributed by atoms with Gasteiger partial charge in [0.25, 0.3) is 0 Å². The number of likely N-dealkylation sites (tertiary alicyclic amines) is 1. The average Bonchev–Trinajstić information content (AvgIpc) is 3.14. The summed E-state index contributed by atoms with van der Waals surface area (Å²) < 4.78 is 0. The molecular formula is C24H33N3. The predicted octanol–water partition coefficient (Wildman–Crippen LogP) is 4.61. The Morgan fingerprint density at radius 3 is 2.52 bits per heavy atom. The second-order valence-corrected chi connectivity index (χ2v) is 8.72. The van der Waals surface area contributed by atoms with Crippen molar-refractivity contribution in [1.29, 1.82) is 0 Å². The van der Waals surface area contributed by atoms with E-state index in [4.69, 9.17) is 0 Å². The van der Waals surface area contributed by atoms with Crippen molar-refractivity contribution in [2.24, 2.45) is 5.92 Å². The molecule has 0 atom stereocenters. The number of aromatic nitrogens is 1. The standard InChI is InChI=1S/C24H33N3/c1-19-6-5-11-25-24(19)18-26(2)16-21-14-23(15-21)22-9-7-20(8-10-22)17-27-12-3-4-13-27/h5-11,21,23H,3-4,12-18H2,1-2H3/t21-,23-. The van der Waals surface area contributed by atoms with Crippen LogP contribution in [0.3, 0.4) is 0 Å². The fourth-order valence-corrected chi connectivity index (χ4v) is 4.70. The summed E-state index contributed by atoms with van der Waals surface area (Å²) in [5.74, 6) is 1.59. The van der Waals surface area contributed by atoms with E-state index in [9.17, 15) is 0 Å². The predicted molar refractivity (Wildman–Crippen MR) is 112 cm³/mol. The molecule has 3 nitrogen and oxygen atoms in total. The van der Waals surface area contributed by atoms with Gasteiger partial charge >= 0.3 is 0 Å². The zero-order valence-corrected chi connectivity index (χ0v) is 16.9. The molecule has 0 spiro atoms. The SMILES string of the molecule is Cc1cccnc1CN(C)C[C@H]1C[C@H](c2ccc(CN3CCCC3)cc2)C1. The second-order valence-electron chi connectivity index (χ2n) is 8.72. The Hall–Kier alpha value is -1.71. The fourth-order valence-electron chi connectivity index (χ4n) is 4.70. The van der Waals surface area contributed by atoms with Gasteiger partial charge in [-0.15, -0.1) is 0 Å². The van der Waals surface area contributed by atoms with E-state index in [0.29, 0.717) is 0 Å². The van der Waals surface area contributed by atoms with Gasteiger partial charge in [-0.3, -0.25) is 9.88 Å². The molecule has 2 fully saturated rings. The number of rotatable bonds is 7. The van der Waals surface area contributed by atoms with Crippen LogP contribution in [0.1, 0.15) is 54.0 Å². The third-order valence-corrected chi connectivity index (χ3v) is 6.40. The van der Waals surface area contributed by atoms with E-state index in [1.54, 1.807) is 5.56 Å². The number of hydrogen-bond acceptors (Lipinski definition) is 3. The summed E-state index contributed by atoms with van der Waals surface area (Å²) >= 11 is 0. The maximum absolute atomic E-state index is 4.53. The minimum atomic E-state index is 0.765. The first-order valence-electron chi connectivity index (χ1n) is 10.6. The molecule has 1 aromatic carbocycles. The van der Waals surface area contributed by atoms with Crippen molar-refractivity contribution in [3.63, 3.8) is 0 Å². The number of pyridine rings is 1. The molecule has 1 saturated heterocycles. The van der Waals surface area contributed by atoms with Gasteiger partial charge < -0.3 is 4.90 Å². The largest absolute Gasteiger partial charge is 0.300 e. The molecule has 4 rings (SSSR count). The van der Waals surface area contributed by atoms with Crippen molar-refractivity contribution >= 4 is 0 Å². The zero-order chi connectivity index (χ0) is 18.6. The van der Waals surface area contributed by atoms with Crippen LogP contribution in [0.5, 0.6) is 0 Å². The maximum Gasteiger partial charge on any atom is 0.0572 e. The molecule has 0 bridgehead atoms. The van der Waals surface area contributed by atoms with Gasteiger partial charge in [-0.05, 0) is 87.3 Å². The van der Waals surface area contributed by atoms with Gasteiger partial charge in [-0.25, -0.2) is 0 Å². The Balaban J connectivity index is 1.22. The second kappa shape index (κ2) is 8.53. The van der Waals surface area contributed by atoms with Crippen LogP contribution in [0.2, 0.25) is 0 Å². The Labute approximate surface area is 164 Å². The molecule has 0 unspecified atom stereocenters. The minimum absolute atomic E-state index is 0.765. The van der Waals surface area contributed by atoms with Gasteiger partial charge in [-0.1, -0.05) is 30.3 Å². The van der Waals surface area contributed by atoms with Crippen molar-refractivity contribution in [3.8, 4) is 0 Å². The topological polar surface area (TPSA) is 19.4 Å². The molecule has 2 aliphatic rings. The molecule has 27 heavy (non-hydrogen) atoms. The lowest BCUT2D eigenvalue weighted by Gasteiger charge is -2.38. The lowest BCUT2D eigenvalue weighted by Crippen LogP contribution is -2.33. The van der Waals surface area contributed by atoms with Crippen molar-refractivity contribution in [3.05, 3.63) is 65.0 Å². The summed E-state index contributed by atoms with van der Waals surface area (Å²) in [6.45, 7) is 7.97. The van der Waals surface area contributed by atoms with Crippen LogP contribution in [-0.2, 0) is 13.1 Å². The average molecular weight is 364 g/mol. The summed E-state index contributed by atoms with van der Waals surface area (Å²) in [6.07, 6.45) is 7.31. The van der Waals surface area contributed by atoms with Gasteiger partial charge in [0.1, 0.15) is 0 Å². The third kappa shape index (κ3) is 4.77. The maximum atomic E-state index is 4.53. The van der Waals surface area contributed by atoms with Gasteiger partial charge in [-0.2, -0.15) is 0 Å². The monoisotopic (exact) mass is 363 g/mol. The molecule has 144 valence electrons. The minimum Gasteiger partial charge on any atom is -0.300 e. The van der Waals surface area contributed by atoms with Crippen LogP contribution in [0.15, 0.2) is 42.6 Å². The molecule has 0 N–H and O–H groups in total. The molecule has 1 aliphatic heterocycles. The Kier molecular flexibility index (Phi) is 5.89. The molecule has 2 heterocycles. The van der Waals surface area contributed by atoms with E-state index in [1.807, 2.05) is 12.3 Å². The first kappa shape index (κ1) is 18.6. The third-order valence-electron chi connectivity index (χ3n) is 6.40. The summed E-state index contributed by atoms with van der Waals surface area (Å²) in [7, 11) is 2.23. The number of nitrogens with zero attached hydrogens (tertiary/aromatic N) is 3. The van der Waals surface area contributed by atoms with Crippen LogP contribution in [-0.4, -0.2) is 41.5 Å². The van der Waals surface area contributed by atoms with Crippen molar-refractivity contribution in [2.75, 3.05) is 26.7 Å². The normalized spacial score (nSPS) is 22.9. The van der Waals surface area contributed by atoms with E-state index in [0.717, 1.165) is 24.9 Å². The van der Waals surface area contributed by atoms with Gasteiger partial charge in [0.05, 0.1) is 5.69 Å². The van der Waals surface area contributed by atoms with Crippen molar-refractivity contribution in [2.45, 2.75) is 51.6 Å². The molecule has 3 heteroatoms. The number of hydrogen-bond donors (Lipinski definition) is 0. The van der Waals surface area contributed by atoms with Crippen LogP contribution in [0, 0.1) is 12.8 Å². The molecule has 1 aliphatic carbocycles. The van der Waals surface area contributed by atoms with Crippen LogP contribution in [0.4, 0.5) is 0 Å². The van der Waals surface area contributed by atoms with Crippen molar-refractivity contribution < 1.29 is 0 Å². The fraction of sp³-hybridized carbons (Fsp3) is 0.542. The Bertz CT molecular complexity index is 728. The molecule has 2 aromatic rings. The van der Waals surface area contributed by atoms with Gasteiger partial charge in [0.2, 0.25) is 0 Å². The molecule has 0 amide bonds. The summed E-state index contributed by atoms with van der Waals surface area (Å²) in [5.41, 5.74) is 5.52. The summed E-state index contributed by atoms with van der Waals surface area (Å²) in [6, 6.07) is 13.7. The highest BCUT2D eigenvalue weighted by molar-refractivity contribution is 5.27. The van der Waals surface area contributed by atoms with Gasteiger partial charge in [0.15, 0.2) is 0 Å². The molecule has 1 aromatic heterocycles. The van der Waals surface area contributed by atoms with E-state index >= 15 is 0 Å². The van der Waals surface area contributed by atoms with Gasteiger partial charge in [0, 0.05) is 25.8 Å². The van der Waals surface area contributed by atoms with Crippen LogP contribution >= 0.6 is 0 Å². The highest BCUT2D eigenvalue weighted by Gasteiger charge is 2.31.